The smallest absolute Gasteiger partial charge is 0.215 e. The zero-order valence-electron chi connectivity index (χ0n) is 11.0. The van der Waals surface area contributed by atoms with Crippen LogP contribution in [0.5, 0.6) is 0 Å². The van der Waals surface area contributed by atoms with Gasteiger partial charge in [-0.3, -0.25) is 4.90 Å². The van der Waals surface area contributed by atoms with Gasteiger partial charge in [-0.25, -0.2) is 13.1 Å². The molecule has 0 spiro atoms. The van der Waals surface area contributed by atoms with Crippen LogP contribution in [-0.2, 0) is 10.0 Å². The lowest BCUT2D eigenvalue weighted by molar-refractivity contribution is 0.0312. The monoisotopic (exact) mass is 276 g/mol. The minimum atomic E-state index is -3.17. The van der Waals surface area contributed by atoms with Crippen molar-refractivity contribution in [2.24, 2.45) is 0 Å². The molecule has 0 aromatic rings. The molecule has 0 aromatic heterocycles. The highest BCUT2D eigenvalue weighted by Crippen LogP contribution is 2.27. The predicted octanol–water partition coefficient (Wildman–Crippen LogP) is 0.303. The maximum Gasteiger partial charge on any atom is 0.215 e. The summed E-state index contributed by atoms with van der Waals surface area (Å²) < 4.78 is 26.5. The Bertz CT molecular complexity index is 372. The highest BCUT2D eigenvalue weighted by Gasteiger charge is 2.38. The number of nitrogens with one attached hydrogen (secondary N) is 1. The summed E-state index contributed by atoms with van der Waals surface area (Å²) in [5, 5.41) is 9.70. The van der Waals surface area contributed by atoms with Crippen LogP contribution in [0.15, 0.2) is 0 Å². The standard InChI is InChI=1S/C12H24N2O3S/c1-2-13-18(16,17)10-7-8-14(9-10)11-5-3-4-6-12(11)15/h10-13,15H,2-9H2,1H3. The molecule has 2 N–H and O–H groups in total. The molecule has 3 unspecified atom stereocenters. The first-order valence-electron chi connectivity index (χ1n) is 6.95. The molecule has 106 valence electrons. The summed E-state index contributed by atoms with van der Waals surface area (Å²) >= 11 is 0. The average Bonchev–Trinajstić information content (AvgIpc) is 2.79. The Morgan fingerprint density at radius 2 is 2.00 bits per heavy atom. The van der Waals surface area contributed by atoms with E-state index in [1.807, 2.05) is 0 Å². The maximum atomic E-state index is 11.9. The zero-order valence-corrected chi connectivity index (χ0v) is 11.8. The van der Waals surface area contributed by atoms with Crippen LogP contribution in [0.3, 0.4) is 0 Å². The van der Waals surface area contributed by atoms with E-state index in [-0.39, 0.29) is 17.4 Å². The van der Waals surface area contributed by atoms with Crippen molar-refractivity contribution in [3.8, 4) is 0 Å². The number of aliphatic hydroxyl groups excluding tert-OH is 1. The Morgan fingerprint density at radius 3 is 2.67 bits per heavy atom. The molecule has 1 saturated heterocycles. The Morgan fingerprint density at radius 1 is 1.28 bits per heavy atom. The van der Waals surface area contributed by atoms with Crippen molar-refractivity contribution in [2.45, 2.75) is 56.4 Å². The van der Waals surface area contributed by atoms with Crippen LogP contribution in [0, 0.1) is 0 Å². The number of hydrogen-bond acceptors (Lipinski definition) is 4. The van der Waals surface area contributed by atoms with Crippen LogP contribution in [-0.4, -0.2) is 55.5 Å². The number of rotatable bonds is 4. The van der Waals surface area contributed by atoms with E-state index in [0.29, 0.717) is 19.5 Å². The van der Waals surface area contributed by atoms with Gasteiger partial charge in [0.2, 0.25) is 10.0 Å². The van der Waals surface area contributed by atoms with Crippen LogP contribution < -0.4 is 4.72 Å². The summed E-state index contributed by atoms with van der Waals surface area (Å²) in [6.45, 7) is 3.61. The first-order valence-corrected chi connectivity index (χ1v) is 8.50. The topological polar surface area (TPSA) is 69.6 Å². The van der Waals surface area contributed by atoms with Crippen molar-refractivity contribution in [3.05, 3.63) is 0 Å². The van der Waals surface area contributed by atoms with E-state index in [9.17, 15) is 13.5 Å². The Balaban J connectivity index is 1.95. The predicted molar refractivity (Wildman–Crippen MR) is 70.8 cm³/mol. The van der Waals surface area contributed by atoms with Crippen LogP contribution in [0.2, 0.25) is 0 Å². The molecule has 0 amide bonds. The minimum absolute atomic E-state index is 0.167. The van der Waals surface area contributed by atoms with Gasteiger partial charge in [0.15, 0.2) is 0 Å². The SMILES string of the molecule is CCNS(=O)(=O)C1CCN(C2CCCCC2O)C1. The van der Waals surface area contributed by atoms with Gasteiger partial charge >= 0.3 is 0 Å². The van der Waals surface area contributed by atoms with Crippen molar-refractivity contribution < 1.29 is 13.5 Å². The van der Waals surface area contributed by atoms with Gasteiger partial charge in [0.25, 0.3) is 0 Å². The van der Waals surface area contributed by atoms with Crippen molar-refractivity contribution in [1.82, 2.24) is 9.62 Å². The molecule has 2 rings (SSSR count). The Kier molecular flexibility index (Phi) is 4.64. The van der Waals surface area contributed by atoms with Gasteiger partial charge in [-0.1, -0.05) is 19.8 Å². The van der Waals surface area contributed by atoms with E-state index >= 15 is 0 Å². The summed E-state index contributed by atoms with van der Waals surface area (Å²) in [6.07, 6.45) is 4.48. The molecular formula is C12H24N2O3S. The molecule has 0 aromatic carbocycles. The molecule has 1 heterocycles. The van der Waals surface area contributed by atoms with Gasteiger partial charge in [-0.2, -0.15) is 0 Å². The van der Waals surface area contributed by atoms with Crippen molar-refractivity contribution >= 4 is 10.0 Å². The lowest BCUT2D eigenvalue weighted by Gasteiger charge is -2.35. The van der Waals surface area contributed by atoms with Gasteiger partial charge < -0.3 is 5.11 Å². The summed E-state index contributed by atoms with van der Waals surface area (Å²) in [5.41, 5.74) is 0. The molecule has 0 radical (unpaired) electrons. The third-order valence-electron chi connectivity index (χ3n) is 4.12. The Labute approximate surface area is 110 Å². The van der Waals surface area contributed by atoms with Crippen molar-refractivity contribution in [3.63, 3.8) is 0 Å². The second kappa shape index (κ2) is 5.86. The Hall–Kier alpha value is -0.170. The number of aliphatic hydroxyl groups is 1. The summed E-state index contributed by atoms with van der Waals surface area (Å²) in [7, 11) is -3.17. The maximum absolute atomic E-state index is 11.9. The fraction of sp³-hybridized carbons (Fsp3) is 1.00. The molecule has 0 bridgehead atoms. The highest BCUT2D eigenvalue weighted by atomic mass is 32.2. The molecule has 2 aliphatic rings. The minimum Gasteiger partial charge on any atom is -0.391 e. The van der Waals surface area contributed by atoms with Crippen molar-refractivity contribution in [2.75, 3.05) is 19.6 Å². The van der Waals surface area contributed by atoms with Crippen LogP contribution >= 0.6 is 0 Å². The molecular weight excluding hydrogens is 252 g/mol. The normalized spacial score (nSPS) is 34.9. The third-order valence-corrected chi connectivity index (χ3v) is 6.08. The number of nitrogens with zero attached hydrogens (tertiary/aromatic N) is 1. The van der Waals surface area contributed by atoms with E-state index in [1.165, 1.54) is 0 Å². The fourth-order valence-corrected chi connectivity index (χ4v) is 4.59. The first kappa shape index (κ1) is 14.2. The van der Waals surface area contributed by atoms with E-state index in [4.69, 9.17) is 0 Å². The second-order valence-electron chi connectivity index (χ2n) is 5.37. The van der Waals surface area contributed by atoms with E-state index in [1.54, 1.807) is 6.92 Å². The number of hydrogen-bond donors (Lipinski definition) is 2. The van der Waals surface area contributed by atoms with Gasteiger partial charge in [0, 0.05) is 19.1 Å². The molecule has 3 atom stereocenters. The van der Waals surface area contributed by atoms with Gasteiger partial charge in [0.1, 0.15) is 0 Å². The quantitative estimate of drug-likeness (QED) is 0.775. The van der Waals surface area contributed by atoms with Gasteiger partial charge in [-0.15, -0.1) is 0 Å². The molecule has 1 aliphatic carbocycles. The number of sulfonamides is 1. The van der Waals surface area contributed by atoms with Crippen LogP contribution in [0.4, 0.5) is 0 Å². The lowest BCUT2D eigenvalue weighted by atomic mass is 9.91. The lowest BCUT2D eigenvalue weighted by Crippen LogP contribution is -2.45. The fourth-order valence-electron chi connectivity index (χ4n) is 3.15. The zero-order chi connectivity index (χ0) is 13.2. The van der Waals surface area contributed by atoms with Crippen LogP contribution in [0.1, 0.15) is 39.0 Å². The molecule has 1 aliphatic heterocycles. The largest absolute Gasteiger partial charge is 0.391 e. The van der Waals surface area contributed by atoms with E-state index in [2.05, 4.69) is 9.62 Å². The van der Waals surface area contributed by atoms with Crippen molar-refractivity contribution in [1.29, 1.82) is 0 Å². The third kappa shape index (κ3) is 3.04. The summed E-state index contributed by atoms with van der Waals surface area (Å²) in [5.74, 6) is 0. The molecule has 2 fully saturated rings. The summed E-state index contributed by atoms with van der Waals surface area (Å²) in [4.78, 5) is 2.17. The van der Waals surface area contributed by atoms with Crippen LogP contribution in [0.25, 0.3) is 0 Å². The van der Waals surface area contributed by atoms with E-state index in [0.717, 1.165) is 32.2 Å². The van der Waals surface area contributed by atoms with Gasteiger partial charge in [0.05, 0.1) is 11.4 Å². The second-order valence-corrected chi connectivity index (χ2v) is 7.41. The van der Waals surface area contributed by atoms with Gasteiger partial charge in [-0.05, 0) is 25.8 Å². The first-order chi connectivity index (χ1) is 8.54. The molecule has 5 nitrogen and oxygen atoms in total. The number of likely N-dealkylation sites (tertiary alicyclic amines) is 1. The molecule has 1 saturated carbocycles. The average molecular weight is 276 g/mol. The molecule has 6 heteroatoms. The van der Waals surface area contributed by atoms with E-state index < -0.39 is 10.0 Å². The highest BCUT2D eigenvalue weighted by molar-refractivity contribution is 7.90. The molecule has 18 heavy (non-hydrogen) atoms. The summed E-state index contributed by atoms with van der Waals surface area (Å²) in [6, 6.07) is 0.167.